The number of rotatable bonds is 2. The maximum atomic E-state index is 12.6. The summed E-state index contributed by atoms with van der Waals surface area (Å²) in [7, 11) is 3.96. The summed E-state index contributed by atoms with van der Waals surface area (Å²) in [5, 5.41) is 3.06. The third-order valence-electron chi connectivity index (χ3n) is 4.68. The van der Waals surface area contributed by atoms with Gasteiger partial charge in [-0.15, -0.1) is 0 Å². The van der Waals surface area contributed by atoms with Crippen molar-refractivity contribution in [3.63, 3.8) is 0 Å². The van der Waals surface area contributed by atoms with Gasteiger partial charge >= 0.3 is 6.03 Å². The lowest BCUT2D eigenvalue weighted by molar-refractivity contribution is -0.0914. The number of benzene rings is 1. The lowest BCUT2D eigenvalue weighted by Gasteiger charge is -2.40. The van der Waals surface area contributed by atoms with E-state index in [9.17, 15) is 4.79 Å². The van der Waals surface area contributed by atoms with Crippen LogP contribution in [-0.4, -0.2) is 50.3 Å². The van der Waals surface area contributed by atoms with Crippen molar-refractivity contribution in [3.8, 4) is 0 Å². The number of ether oxygens (including phenoxy) is 1. The molecule has 1 N–H and O–H groups in total. The minimum atomic E-state index is -0.0867. The standard InChI is InChI=1S/C17H25N3O2/c1-19(2)15-8-4-3-7-14(15)18-16(21)20-11-12-22-17(13-20)9-5-6-10-17/h3-4,7-8H,5-6,9-13H2,1-2H3,(H,18,21). The molecule has 3 rings (SSSR count). The van der Waals surface area contributed by atoms with E-state index < -0.39 is 0 Å². The quantitative estimate of drug-likeness (QED) is 0.913. The van der Waals surface area contributed by atoms with Gasteiger partial charge in [0.25, 0.3) is 0 Å². The summed E-state index contributed by atoms with van der Waals surface area (Å²) in [6.07, 6.45) is 4.56. The Morgan fingerprint density at radius 3 is 2.73 bits per heavy atom. The SMILES string of the molecule is CN(C)c1ccccc1NC(=O)N1CCOC2(CCCC2)C1. The molecule has 1 aliphatic heterocycles. The molecule has 0 radical (unpaired) electrons. The fourth-order valence-corrected chi connectivity index (χ4v) is 3.50. The zero-order valence-corrected chi connectivity index (χ0v) is 13.5. The van der Waals surface area contributed by atoms with Gasteiger partial charge in [-0.05, 0) is 25.0 Å². The number of anilines is 2. The van der Waals surface area contributed by atoms with E-state index >= 15 is 0 Å². The maximum absolute atomic E-state index is 12.6. The number of nitrogens with one attached hydrogen (secondary N) is 1. The summed E-state index contributed by atoms with van der Waals surface area (Å²) < 4.78 is 5.99. The second-order valence-corrected chi connectivity index (χ2v) is 6.50. The summed E-state index contributed by atoms with van der Waals surface area (Å²) in [4.78, 5) is 16.5. The van der Waals surface area contributed by atoms with Crippen molar-refractivity contribution in [2.24, 2.45) is 0 Å². The van der Waals surface area contributed by atoms with Gasteiger partial charge in [0, 0.05) is 20.6 Å². The van der Waals surface area contributed by atoms with Crippen molar-refractivity contribution in [1.82, 2.24) is 4.90 Å². The number of urea groups is 1. The summed E-state index contributed by atoms with van der Waals surface area (Å²) in [5.41, 5.74) is 1.78. The molecule has 2 fully saturated rings. The van der Waals surface area contributed by atoms with Crippen molar-refractivity contribution < 1.29 is 9.53 Å². The average Bonchev–Trinajstić information content (AvgIpc) is 2.95. The molecule has 0 atom stereocenters. The Hall–Kier alpha value is -1.75. The first-order valence-corrected chi connectivity index (χ1v) is 8.06. The van der Waals surface area contributed by atoms with Gasteiger partial charge in [-0.2, -0.15) is 0 Å². The summed E-state index contributed by atoms with van der Waals surface area (Å²) in [6.45, 7) is 2.02. The molecule has 5 nitrogen and oxygen atoms in total. The number of carbonyl (C=O) groups is 1. The molecule has 0 bridgehead atoms. The third-order valence-corrected chi connectivity index (χ3v) is 4.68. The minimum absolute atomic E-state index is 0.0242. The molecule has 1 heterocycles. The van der Waals surface area contributed by atoms with Gasteiger partial charge in [0.2, 0.25) is 0 Å². The molecule has 22 heavy (non-hydrogen) atoms. The third kappa shape index (κ3) is 3.04. The average molecular weight is 303 g/mol. The molecular formula is C17H25N3O2. The number of hydrogen-bond acceptors (Lipinski definition) is 3. The Kier molecular flexibility index (Phi) is 4.25. The molecule has 1 spiro atoms. The van der Waals surface area contributed by atoms with Crippen LogP contribution >= 0.6 is 0 Å². The Bertz CT molecular complexity index is 538. The largest absolute Gasteiger partial charge is 0.376 e. The number of hydrogen-bond donors (Lipinski definition) is 1. The van der Waals surface area contributed by atoms with Crippen molar-refractivity contribution in [3.05, 3.63) is 24.3 Å². The van der Waals surface area contributed by atoms with E-state index in [-0.39, 0.29) is 11.6 Å². The fraction of sp³-hybridized carbons (Fsp3) is 0.588. The number of amides is 2. The molecule has 1 aromatic rings. The number of morpholine rings is 1. The van der Waals surface area contributed by atoms with Crippen LogP contribution in [0, 0.1) is 0 Å². The van der Waals surface area contributed by atoms with E-state index in [2.05, 4.69) is 5.32 Å². The van der Waals surface area contributed by atoms with Crippen molar-refractivity contribution in [2.75, 3.05) is 44.0 Å². The van der Waals surface area contributed by atoms with Crippen LogP contribution in [-0.2, 0) is 4.74 Å². The van der Waals surface area contributed by atoms with Crippen molar-refractivity contribution in [2.45, 2.75) is 31.3 Å². The molecule has 2 amide bonds. The van der Waals surface area contributed by atoms with Gasteiger partial charge in [0.1, 0.15) is 0 Å². The first kappa shape index (κ1) is 15.2. The van der Waals surface area contributed by atoms with Crippen LogP contribution in [0.5, 0.6) is 0 Å². The Labute approximate surface area is 132 Å². The first-order chi connectivity index (χ1) is 10.6. The molecule has 2 aliphatic rings. The lowest BCUT2D eigenvalue weighted by Crippen LogP contribution is -2.53. The highest BCUT2D eigenvalue weighted by molar-refractivity contribution is 5.93. The molecule has 0 unspecified atom stereocenters. The van der Waals surface area contributed by atoms with E-state index in [4.69, 9.17) is 4.74 Å². The molecule has 0 aromatic heterocycles. The maximum Gasteiger partial charge on any atom is 0.322 e. The highest BCUT2D eigenvalue weighted by Crippen LogP contribution is 2.36. The second kappa shape index (κ2) is 6.16. The van der Waals surface area contributed by atoms with Gasteiger partial charge < -0.3 is 19.9 Å². The molecule has 1 saturated carbocycles. The van der Waals surface area contributed by atoms with E-state index in [0.717, 1.165) is 24.2 Å². The minimum Gasteiger partial charge on any atom is -0.376 e. The Balaban J connectivity index is 1.69. The molecular weight excluding hydrogens is 278 g/mol. The molecule has 1 aliphatic carbocycles. The van der Waals surface area contributed by atoms with Gasteiger partial charge in [0.15, 0.2) is 0 Å². The zero-order chi connectivity index (χ0) is 15.6. The van der Waals surface area contributed by atoms with Crippen LogP contribution < -0.4 is 10.2 Å². The highest BCUT2D eigenvalue weighted by Gasteiger charge is 2.40. The van der Waals surface area contributed by atoms with Crippen LogP contribution in [0.1, 0.15) is 25.7 Å². The van der Waals surface area contributed by atoms with E-state index in [1.165, 1.54) is 12.8 Å². The van der Waals surface area contributed by atoms with Crippen molar-refractivity contribution in [1.29, 1.82) is 0 Å². The molecule has 120 valence electrons. The van der Waals surface area contributed by atoms with Gasteiger partial charge in [-0.1, -0.05) is 25.0 Å². The molecule has 1 aromatic carbocycles. The number of nitrogens with zero attached hydrogens (tertiary/aromatic N) is 2. The van der Waals surface area contributed by atoms with Crippen LogP contribution in [0.25, 0.3) is 0 Å². The predicted octanol–water partition coefficient (Wildman–Crippen LogP) is 2.93. The first-order valence-electron chi connectivity index (χ1n) is 8.06. The van der Waals surface area contributed by atoms with Gasteiger partial charge in [-0.3, -0.25) is 0 Å². The zero-order valence-electron chi connectivity index (χ0n) is 13.5. The smallest absolute Gasteiger partial charge is 0.322 e. The van der Waals surface area contributed by atoms with Crippen molar-refractivity contribution >= 4 is 17.4 Å². The summed E-state index contributed by atoms with van der Waals surface area (Å²) in [6, 6.07) is 7.85. The molecule has 5 heteroatoms. The second-order valence-electron chi connectivity index (χ2n) is 6.50. The van der Waals surface area contributed by atoms with Crippen LogP contribution in [0.15, 0.2) is 24.3 Å². The number of para-hydroxylation sites is 2. The van der Waals surface area contributed by atoms with Crippen LogP contribution in [0.4, 0.5) is 16.2 Å². The summed E-state index contributed by atoms with van der Waals surface area (Å²) >= 11 is 0. The van der Waals surface area contributed by atoms with E-state index in [0.29, 0.717) is 19.7 Å². The summed E-state index contributed by atoms with van der Waals surface area (Å²) in [5.74, 6) is 0. The fourth-order valence-electron chi connectivity index (χ4n) is 3.50. The van der Waals surface area contributed by atoms with Crippen LogP contribution in [0.2, 0.25) is 0 Å². The van der Waals surface area contributed by atoms with Gasteiger partial charge in [0.05, 0.1) is 30.1 Å². The lowest BCUT2D eigenvalue weighted by atomic mass is 10.00. The van der Waals surface area contributed by atoms with E-state index in [1.54, 1.807) is 0 Å². The normalized spacial score (nSPS) is 20.2. The Morgan fingerprint density at radius 1 is 1.27 bits per heavy atom. The predicted molar refractivity (Wildman–Crippen MR) is 88.5 cm³/mol. The number of carbonyl (C=O) groups excluding carboxylic acids is 1. The highest BCUT2D eigenvalue weighted by atomic mass is 16.5. The molecule has 1 saturated heterocycles. The topological polar surface area (TPSA) is 44.8 Å². The van der Waals surface area contributed by atoms with E-state index in [1.807, 2.05) is 48.2 Å². The monoisotopic (exact) mass is 303 g/mol. The van der Waals surface area contributed by atoms with Crippen LogP contribution in [0.3, 0.4) is 0 Å². The van der Waals surface area contributed by atoms with Gasteiger partial charge in [-0.25, -0.2) is 4.79 Å². The Morgan fingerprint density at radius 2 is 2.00 bits per heavy atom.